The minimum absolute atomic E-state index is 0.203. The van der Waals surface area contributed by atoms with Crippen molar-refractivity contribution in [1.82, 2.24) is 14.3 Å². The van der Waals surface area contributed by atoms with Crippen LogP contribution in [0.25, 0.3) is 0 Å². The molecule has 3 rings (SSSR count). The van der Waals surface area contributed by atoms with Crippen LogP contribution >= 0.6 is 0 Å². The smallest absolute Gasteiger partial charge is 0.246 e. The van der Waals surface area contributed by atoms with Gasteiger partial charge in [-0.15, -0.1) is 0 Å². The third-order valence-electron chi connectivity index (χ3n) is 4.52. The van der Waals surface area contributed by atoms with Crippen LogP contribution in [0, 0.1) is 6.92 Å². The van der Waals surface area contributed by atoms with Crippen LogP contribution in [0.15, 0.2) is 35.2 Å². The summed E-state index contributed by atoms with van der Waals surface area (Å²) in [7, 11) is 1.75. The number of piperazine rings is 1. The normalized spacial score (nSPS) is 15.6. The molecule has 1 aromatic heterocycles. The monoisotopic (exact) mass is 391 g/mol. The van der Waals surface area contributed by atoms with Gasteiger partial charge in [-0.05, 0) is 19.1 Å². The molecular formula is C18H25N5O3S. The molecule has 146 valence electrons. The molecule has 9 heteroatoms. The maximum Gasteiger partial charge on any atom is 0.246 e. The third kappa shape index (κ3) is 3.98. The van der Waals surface area contributed by atoms with Gasteiger partial charge in [-0.1, -0.05) is 12.1 Å². The van der Waals surface area contributed by atoms with Crippen LogP contribution in [-0.2, 0) is 10.0 Å². The fraction of sp³-hybridized carbons (Fsp3) is 0.444. The number of sulfonamides is 1. The number of nitrogens with zero attached hydrogens (tertiary/aromatic N) is 5. The molecule has 0 N–H and O–H groups in total. The molecule has 0 radical (unpaired) electrons. The van der Waals surface area contributed by atoms with E-state index in [1.807, 2.05) is 32.0 Å². The number of methoxy groups -OCH3 is 1. The molecule has 0 spiro atoms. The van der Waals surface area contributed by atoms with Crippen LogP contribution < -0.4 is 14.5 Å². The Morgan fingerprint density at radius 1 is 1.07 bits per heavy atom. The number of aromatic nitrogens is 2. The van der Waals surface area contributed by atoms with Crippen molar-refractivity contribution in [3.8, 4) is 5.75 Å². The molecule has 0 atom stereocenters. The zero-order valence-corrected chi connectivity index (χ0v) is 16.9. The van der Waals surface area contributed by atoms with Crippen molar-refractivity contribution in [1.29, 1.82) is 0 Å². The second-order valence-electron chi connectivity index (χ2n) is 6.57. The average molecular weight is 391 g/mol. The first-order valence-corrected chi connectivity index (χ1v) is 10.2. The highest BCUT2D eigenvalue weighted by atomic mass is 32.2. The van der Waals surface area contributed by atoms with E-state index in [9.17, 15) is 8.42 Å². The van der Waals surface area contributed by atoms with E-state index in [1.165, 1.54) is 11.4 Å². The molecule has 8 nitrogen and oxygen atoms in total. The first-order valence-electron chi connectivity index (χ1n) is 8.74. The predicted octanol–water partition coefficient (Wildman–Crippen LogP) is 1.37. The first-order chi connectivity index (χ1) is 12.8. The highest BCUT2D eigenvalue weighted by Gasteiger charge is 2.31. The van der Waals surface area contributed by atoms with Crippen molar-refractivity contribution >= 4 is 21.7 Å². The lowest BCUT2D eigenvalue weighted by molar-refractivity contribution is 0.373. The zero-order valence-electron chi connectivity index (χ0n) is 16.1. The summed E-state index contributed by atoms with van der Waals surface area (Å²) in [6, 6.07) is 8.64. The highest BCUT2D eigenvalue weighted by Crippen LogP contribution is 2.27. The molecule has 2 heterocycles. The molecule has 2 aromatic rings. The molecule has 27 heavy (non-hydrogen) atoms. The van der Waals surface area contributed by atoms with Gasteiger partial charge in [0.05, 0.1) is 7.11 Å². The van der Waals surface area contributed by atoms with Crippen molar-refractivity contribution in [2.45, 2.75) is 11.8 Å². The van der Waals surface area contributed by atoms with Crippen molar-refractivity contribution < 1.29 is 13.2 Å². The zero-order chi connectivity index (χ0) is 19.6. The number of ether oxygens (including phenoxy) is 1. The highest BCUT2D eigenvalue weighted by molar-refractivity contribution is 7.89. The van der Waals surface area contributed by atoms with Crippen molar-refractivity contribution in [2.24, 2.45) is 0 Å². The maximum atomic E-state index is 13.0. The van der Waals surface area contributed by atoms with Gasteiger partial charge in [0.15, 0.2) is 0 Å². The van der Waals surface area contributed by atoms with Crippen LogP contribution in [-0.4, -0.2) is 70.1 Å². The summed E-state index contributed by atoms with van der Waals surface area (Å²) < 4.78 is 32.7. The SMILES string of the molecule is COc1ccccc1S(=O)(=O)N1CCN(c2cc(N(C)C)nc(C)n2)CC1. The van der Waals surface area contributed by atoms with Crippen molar-refractivity contribution in [3.05, 3.63) is 36.2 Å². The molecule has 1 saturated heterocycles. The number of aryl methyl sites for hydroxylation is 1. The van der Waals surface area contributed by atoms with E-state index >= 15 is 0 Å². The van der Waals surface area contributed by atoms with Gasteiger partial charge in [-0.25, -0.2) is 18.4 Å². The Morgan fingerprint density at radius 3 is 2.37 bits per heavy atom. The Hall–Kier alpha value is -2.39. The number of benzene rings is 1. The standard InChI is InChI=1S/C18H25N5O3S/c1-14-19-17(21(2)3)13-18(20-14)22-9-11-23(12-10-22)27(24,25)16-8-6-5-7-15(16)26-4/h5-8,13H,9-12H2,1-4H3. The van der Waals surface area contributed by atoms with Gasteiger partial charge in [0.25, 0.3) is 0 Å². The van der Waals surface area contributed by atoms with Crippen LogP contribution in [0.1, 0.15) is 5.82 Å². The minimum Gasteiger partial charge on any atom is -0.495 e. The molecule has 1 aliphatic rings. The van der Waals surface area contributed by atoms with Gasteiger partial charge in [0.2, 0.25) is 10.0 Å². The Bertz CT molecular complexity index is 909. The summed E-state index contributed by atoms with van der Waals surface area (Å²) in [4.78, 5) is 13.1. The fourth-order valence-corrected chi connectivity index (χ4v) is 4.63. The van der Waals surface area contributed by atoms with Gasteiger partial charge in [0.1, 0.15) is 28.1 Å². The lowest BCUT2D eigenvalue weighted by atomic mass is 10.3. The van der Waals surface area contributed by atoms with Crippen LogP contribution in [0.5, 0.6) is 5.75 Å². The van der Waals surface area contributed by atoms with Gasteiger partial charge < -0.3 is 14.5 Å². The summed E-state index contributed by atoms with van der Waals surface area (Å²) in [5.41, 5.74) is 0. The Kier molecular flexibility index (Phi) is 5.52. The van der Waals surface area contributed by atoms with E-state index in [-0.39, 0.29) is 4.90 Å². The van der Waals surface area contributed by atoms with Gasteiger partial charge in [-0.2, -0.15) is 4.31 Å². The number of anilines is 2. The number of para-hydroxylation sites is 1. The van der Waals surface area contributed by atoms with Crippen molar-refractivity contribution in [3.63, 3.8) is 0 Å². The lowest BCUT2D eigenvalue weighted by Crippen LogP contribution is -2.49. The van der Waals surface area contributed by atoms with Gasteiger partial charge in [-0.3, -0.25) is 0 Å². The van der Waals surface area contributed by atoms with E-state index < -0.39 is 10.0 Å². The second kappa shape index (κ2) is 7.69. The Balaban J connectivity index is 1.77. The number of hydrogen-bond acceptors (Lipinski definition) is 7. The Morgan fingerprint density at radius 2 is 1.74 bits per heavy atom. The maximum absolute atomic E-state index is 13.0. The quantitative estimate of drug-likeness (QED) is 0.762. The lowest BCUT2D eigenvalue weighted by Gasteiger charge is -2.35. The third-order valence-corrected chi connectivity index (χ3v) is 6.46. The summed E-state index contributed by atoms with van der Waals surface area (Å²) >= 11 is 0. The molecule has 0 amide bonds. The molecule has 1 fully saturated rings. The average Bonchev–Trinajstić information content (AvgIpc) is 2.67. The molecule has 0 bridgehead atoms. The van der Waals surface area contributed by atoms with Gasteiger partial charge >= 0.3 is 0 Å². The summed E-state index contributed by atoms with van der Waals surface area (Å²) in [6.45, 7) is 3.77. The van der Waals surface area contributed by atoms with E-state index in [1.54, 1.807) is 24.3 Å². The molecule has 0 unspecified atom stereocenters. The molecule has 1 aliphatic heterocycles. The van der Waals surface area contributed by atoms with E-state index in [4.69, 9.17) is 4.74 Å². The second-order valence-corrected chi connectivity index (χ2v) is 8.47. The van der Waals surface area contributed by atoms with E-state index in [2.05, 4.69) is 14.9 Å². The summed E-state index contributed by atoms with van der Waals surface area (Å²) in [5.74, 6) is 2.71. The van der Waals surface area contributed by atoms with Crippen LogP contribution in [0.4, 0.5) is 11.6 Å². The van der Waals surface area contributed by atoms with E-state index in [0.717, 1.165) is 11.6 Å². The number of rotatable bonds is 5. The summed E-state index contributed by atoms with van der Waals surface area (Å²) in [6.07, 6.45) is 0. The van der Waals surface area contributed by atoms with E-state index in [0.29, 0.717) is 37.8 Å². The first kappa shape index (κ1) is 19.4. The van der Waals surface area contributed by atoms with Crippen LogP contribution in [0.3, 0.4) is 0 Å². The fourth-order valence-electron chi connectivity index (χ4n) is 3.06. The molecule has 0 saturated carbocycles. The van der Waals surface area contributed by atoms with Gasteiger partial charge in [0, 0.05) is 46.3 Å². The molecular weight excluding hydrogens is 366 g/mol. The van der Waals surface area contributed by atoms with Crippen LogP contribution in [0.2, 0.25) is 0 Å². The molecule has 0 aliphatic carbocycles. The molecule has 1 aromatic carbocycles. The number of hydrogen-bond donors (Lipinski definition) is 0. The summed E-state index contributed by atoms with van der Waals surface area (Å²) in [5, 5.41) is 0. The minimum atomic E-state index is -3.60. The van der Waals surface area contributed by atoms with Crippen molar-refractivity contribution in [2.75, 3.05) is 57.2 Å². The largest absolute Gasteiger partial charge is 0.495 e. The Labute approximate surface area is 160 Å². The predicted molar refractivity (Wildman–Crippen MR) is 105 cm³/mol. The topological polar surface area (TPSA) is 78.9 Å².